The Kier molecular flexibility index (Phi) is 8.10. The third-order valence-electron chi connectivity index (χ3n) is 5.89. The molecule has 2 atom stereocenters. The molecule has 0 aromatic heterocycles. The Labute approximate surface area is 192 Å². The number of hydrogen-bond acceptors (Lipinski definition) is 4. The molecule has 8 heteroatoms. The maximum Gasteiger partial charge on any atom is 0.339 e. The molecule has 1 aliphatic rings. The largest absolute Gasteiger partial charge is 0.483 e. The molecule has 0 saturated carbocycles. The van der Waals surface area contributed by atoms with Crippen molar-refractivity contribution in [3.05, 3.63) is 64.4 Å². The number of aromatic carboxylic acids is 1. The second-order valence-corrected chi connectivity index (χ2v) is 8.40. The Hall–Kier alpha value is -2.64. The average Bonchev–Trinajstić information content (AvgIpc) is 2.79. The van der Waals surface area contributed by atoms with Crippen LogP contribution in [0.2, 0.25) is 5.02 Å². The minimum atomic E-state index is -1.16. The van der Waals surface area contributed by atoms with Crippen molar-refractivity contribution in [2.75, 3.05) is 19.7 Å². The molecule has 0 unspecified atom stereocenters. The highest BCUT2D eigenvalue weighted by Crippen LogP contribution is 2.25. The molecule has 3 rings (SSSR count). The molecule has 0 radical (unpaired) electrons. The van der Waals surface area contributed by atoms with E-state index in [0.29, 0.717) is 19.6 Å². The molecule has 1 amide bonds. The number of carboxylic acids is 1. The molecule has 1 fully saturated rings. The number of amides is 1. The Morgan fingerprint density at radius 2 is 1.78 bits per heavy atom. The minimum absolute atomic E-state index is 0.0125. The van der Waals surface area contributed by atoms with Gasteiger partial charge in [-0.05, 0) is 48.7 Å². The highest BCUT2D eigenvalue weighted by molar-refractivity contribution is 6.31. The van der Waals surface area contributed by atoms with Gasteiger partial charge in [-0.25, -0.2) is 9.18 Å². The van der Waals surface area contributed by atoms with E-state index in [-0.39, 0.29) is 46.8 Å². The first-order valence-electron chi connectivity index (χ1n) is 10.8. The Morgan fingerprint density at radius 3 is 2.41 bits per heavy atom. The number of carbonyl (C=O) groups is 2. The first kappa shape index (κ1) is 24.0. The monoisotopic (exact) mass is 462 g/mol. The van der Waals surface area contributed by atoms with Crippen molar-refractivity contribution < 1.29 is 23.8 Å². The molecule has 6 nitrogen and oxygen atoms in total. The van der Waals surface area contributed by atoms with E-state index in [0.717, 1.165) is 18.4 Å². The van der Waals surface area contributed by atoms with Crippen molar-refractivity contribution >= 4 is 23.5 Å². The molecule has 0 spiro atoms. The Bertz CT molecular complexity index is 954. The number of benzene rings is 2. The van der Waals surface area contributed by atoms with Gasteiger partial charge >= 0.3 is 5.97 Å². The number of rotatable bonds is 8. The molecule has 172 valence electrons. The Morgan fingerprint density at radius 1 is 1.09 bits per heavy atom. The van der Waals surface area contributed by atoms with Crippen molar-refractivity contribution in [1.82, 2.24) is 9.80 Å². The highest BCUT2D eigenvalue weighted by atomic mass is 35.5. The lowest BCUT2D eigenvalue weighted by Gasteiger charge is -2.46. The average molecular weight is 463 g/mol. The molecule has 1 heterocycles. The van der Waals surface area contributed by atoms with Gasteiger partial charge in [-0.1, -0.05) is 37.6 Å². The second-order valence-electron chi connectivity index (χ2n) is 7.96. The topological polar surface area (TPSA) is 70.1 Å². The lowest BCUT2D eigenvalue weighted by Crippen LogP contribution is -2.59. The van der Waals surface area contributed by atoms with Gasteiger partial charge in [0.2, 0.25) is 0 Å². The summed E-state index contributed by atoms with van der Waals surface area (Å²) in [5.74, 6) is -1.48. The summed E-state index contributed by atoms with van der Waals surface area (Å²) in [6, 6.07) is 11.0. The summed E-state index contributed by atoms with van der Waals surface area (Å²) in [4.78, 5) is 28.6. The van der Waals surface area contributed by atoms with Crippen LogP contribution in [-0.4, -0.2) is 58.6 Å². The predicted molar refractivity (Wildman–Crippen MR) is 121 cm³/mol. The normalized spacial score (nSPS) is 19.1. The number of hydrogen-bond donors (Lipinski definition) is 1. The van der Waals surface area contributed by atoms with Crippen LogP contribution in [0.4, 0.5) is 4.39 Å². The van der Waals surface area contributed by atoms with Crippen molar-refractivity contribution in [3.63, 3.8) is 0 Å². The van der Waals surface area contributed by atoms with Crippen LogP contribution in [0.25, 0.3) is 0 Å². The number of ether oxygens (including phenoxy) is 1. The van der Waals surface area contributed by atoms with E-state index in [1.165, 1.54) is 30.3 Å². The zero-order valence-electron chi connectivity index (χ0n) is 18.3. The van der Waals surface area contributed by atoms with E-state index in [4.69, 9.17) is 16.3 Å². The van der Waals surface area contributed by atoms with Crippen LogP contribution in [-0.2, 0) is 11.3 Å². The number of piperazine rings is 1. The summed E-state index contributed by atoms with van der Waals surface area (Å²) in [7, 11) is 0. The van der Waals surface area contributed by atoms with Gasteiger partial charge in [0.1, 0.15) is 17.1 Å². The molecule has 2 aromatic rings. The molecule has 0 aliphatic carbocycles. The van der Waals surface area contributed by atoms with Gasteiger partial charge in [0, 0.05) is 36.7 Å². The number of carbonyl (C=O) groups excluding carboxylic acids is 1. The van der Waals surface area contributed by atoms with Crippen molar-refractivity contribution in [2.24, 2.45) is 0 Å². The fourth-order valence-electron chi connectivity index (χ4n) is 4.09. The molecular formula is C24H28ClFN2O4. The van der Waals surface area contributed by atoms with Gasteiger partial charge in [-0.3, -0.25) is 9.69 Å². The summed E-state index contributed by atoms with van der Waals surface area (Å²) in [6.45, 7) is 5.84. The van der Waals surface area contributed by atoms with E-state index in [2.05, 4.69) is 11.8 Å². The second kappa shape index (κ2) is 10.8. The van der Waals surface area contributed by atoms with Crippen molar-refractivity contribution in [1.29, 1.82) is 0 Å². The third kappa shape index (κ3) is 5.78. The molecule has 0 bridgehead atoms. The van der Waals surface area contributed by atoms with Gasteiger partial charge in [0.25, 0.3) is 5.91 Å². The number of nitrogens with zero attached hydrogens (tertiary/aromatic N) is 2. The van der Waals surface area contributed by atoms with Crippen LogP contribution in [0.1, 0.15) is 42.6 Å². The maximum atomic E-state index is 13.2. The van der Waals surface area contributed by atoms with E-state index in [1.807, 2.05) is 11.8 Å². The van der Waals surface area contributed by atoms with Gasteiger partial charge in [-0.15, -0.1) is 0 Å². The first-order chi connectivity index (χ1) is 15.3. The molecule has 2 aromatic carbocycles. The molecule has 1 N–H and O–H groups in total. The first-order valence-corrected chi connectivity index (χ1v) is 11.1. The van der Waals surface area contributed by atoms with Crippen molar-refractivity contribution in [3.8, 4) is 5.75 Å². The van der Waals surface area contributed by atoms with Crippen molar-refractivity contribution in [2.45, 2.75) is 45.3 Å². The lowest BCUT2D eigenvalue weighted by atomic mass is 10.0. The zero-order chi connectivity index (χ0) is 23.3. The summed E-state index contributed by atoms with van der Waals surface area (Å²) in [5, 5.41) is 9.64. The lowest BCUT2D eigenvalue weighted by molar-refractivity contribution is -0.140. The van der Waals surface area contributed by atoms with Crippen LogP contribution in [0.15, 0.2) is 42.5 Å². The van der Waals surface area contributed by atoms with Gasteiger partial charge in [0.05, 0.1) is 0 Å². The summed E-state index contributed by atoms with van der Waals surface area (Å²) < 4.78 is 18.8. The fraction of sp³-hybridized carbons (Fsp3) is 0.417. The van der Waals surface area contributed by atoms with E-state index < -0.39 is 5.97 Å². The summed E-state index contributed by atoms with van der Waals surface area (Å²) in [6.07, 6.45) is 1.64. The fourth-order valence-corrected chi connectivity index (χ4v) is 4.26. The molecule has 1 saturated heterocycles. The minimum Gasteiger partial charge on any atom is -0.483 e. The van der Waals surface area contributed by atoms with E-state index in [1.54, 1.807) is 12.1 Å². The molecule has 32 heavy (non-hydrogen) atoms. The van der Waals surface area contributed by atoms with Gasteiger partial charge in [0.15, 0.2) is 6.61 Å². The summed E-state index contributed by atoms with van der Waals surface area (Å²) in [5.41, 5.74) is 0.958. The van der Waals surface area contributed by atoms with Crippen LogP contribution in [0.3, 0.4) is 0 Å². The zero-order valence-corrected chi connectivity index (χ0v) is 19.0. The third-order valence-corrected chi connectivity index (χ3v) is 6.13. The van der Waals surface area contributed by atoms with Crippen LogP contribution < -0.4 is 4.74 Å². The SMILES string of the molecule is CC[C@H]1CN(C(=O)COc2ccc(Cl)cc2C(=O)O)[C@H](CC)CN1Cc1ccc(F)cc1. The van der Waals surface area contributed by atoms with E-state index in [9.17, 15) is 19.1 Å². The Balaban J connectivity index is 1.68. The highest BCUT2D eigenvalue weighted by Gasteiger charge is 2.34. The number of halogens is 2. The van der Waals surface area contributed by atoms with Crippen LogP contribution in [0, 0.1) is 5.82 Å². The van der Waals surface area contributed by atoms with Gasteiger partial charge in [-0.2, -0.15) is 0 Å². The maximum absolute atomic E-state index is 13.2. The van der Waals surface area contributed by atoms with E-state index >= 15 is 0 Å². The summed E-state index contributed by atoms with van der Waals surface area (Å²) >= 11 is 5.88. The van der Waals surface area contributed by atoms with Crippen LogP contribution in [0.5, 0.6) is 5.75 Å². The standard InChI is InChI=1S/C24H28ClFN2O4/c1-3-19-14-28(20(4-2)13-27(19)12-16-5-8-18(26)9-6-16)23(29)15-32-22-10-7-17(25)11-21(22)24(30)31/h5-11,19-20H,3-4,12-15H2,1-2H3,(H,30,31)/t19-,20+/m0/s1. The molecular weight excluding hydrogens is 435 g/mol. The van der Waals surface area contributed by atoms with Gasteiger partial charge < -0.3 is 14.7 Å². The quantitative estimate of drug-likeness (QED) is 0.627. The van der Waals surface area contributed by atoms with Crippen LogP contribution >= 0.6 is 11.6 Å². The smallest absolute Gasteiger partial charge is 0.339 e. The molecule has 1 aliphatic heterocycles. The predicted octanol–water partition coefficient (Wildman–Crippen LogP) is 4.46. The number of carboxylic acid groups (broad SMARTS) is 1.